The maximum Gasteiger partial charge on any atom is 0.0888 e. The first kappa shape index (κ1) is 18.8. The van der Waals surface area contributed by atoms with Crippen LogP contribution < -0.4 is 0 Å². The lowest BCUT2D eigenvalue weighted by Gasteiger charge is -2.55. The number of hydrogen-bond donors (Lipinski definition) is 0. The van der Waals surface area contributed by atoms with Crippen molar-refractivity contribution in [2.24, 2.45) is 0 Å². The molecule has 0 aromatic carbocycles. The largest absolute Gasteiger partial charge is 0.293 e. The Morgan fingerprint density at radius 2 is 0.952 bits per heavy atom. The average molecular weight is 300 g/mol. The molecule has 6 nitrogen and oxygen atoms in total. The maximum absolute atomic E-state index is 2.49. The molecule has 0 radical (unpaired) electrons. The molecule has 0 aliphatic carbocycles. The van der Waals surface area contributed by atoms with E-state index < -0.39 is 0 Å². The zero-order valence-electron chi connectivity index (χ0n) is 15.5. The van der Waals surface area contributed by atoms with Gasteiger partial charge in [0.05, 0.1) is 18.5 Å². The molecule has 0 aromatic heterocycles. The first-order chi connectivity index (χ1) is 9.68. The quantitative estimate of drug-likeness (QED) is 0.719. The van der Waals surface area contributed by atoms with Crippen LogP contribution in [0.2, 0.25) is 0 Å². The molecule has 3 atom stereocenters. The van der Waals surface area contributed by atoms with Crippen molar-refractivity contribution in [2.45, 2.75) is 45.7 Å². The zero-order valence-corrected chi connectivity index (χ0v) is 15.5. The van der Waals surface area contributed by atoms with Crippen LogP contribution in [0.5, 0.6) is 0 Å². The molecule has 1 aliphatic heterocycles. The van der Waals surface area contributed by atoms with Gasteiger partial charge in [0, 0.05) is 13.1 Å². The Morgan fingerprint density at radius 3 is 1.24 bits per heavy atom. The lowest BCUT2D eigenvalue weighted by molar-refractivity contribution is -0.302. The van der Waals surface area contributed by atoms with Crippen LogP contribution in [-0.4, -0.2) is 104 Å². The van der Waals surface area contributed by atoms with E-state index in [2.05, 4.69) is 92.9 Å². The van der Waals surface area contributed by atoms with Crippen molar-refractivity contribution in [3.63, 3.8) is 0 Å². The van der Waals surface area contributed by atoms with Crippen LogP contribution in [0.25, 0.3) is 0 Å². The summed E-state index contributed by atoms with van der Waals surface area (Å²) >= 11 is 0. The summed E-state index contributed by atoms with van der Waals surface area (Å²) < 4.78 is 0. The first-order valence-corrected chi connectivity index (χ1v) is 8.00. The molecule has 0 amide bonds. The van der Waals surface area contributed by atoms with Crippen molar-refractivity contribution in [3.8, 4) is 0 Å². The number of rotatable bonds is 6. The highest BCUT2D eigenvalue weighted by atomic mass is 15.9. The summed E-state index contributed by atoms with van der Waals surface area (Å²) in [5, 5.41) is 7.45. The minimum atomic E-state index is 0.329. The minimum absolute atomic E-state index is 0.329. The van der Waals surface area contributed by atoms with Gasteiger partial charge >= 0.3 is 0 Å². The van der Waals surface area contributed by atoms with E-state index in [1.807, 2.05) is 0 Å². The van der Waals surface area contributed by atoms with Gasteiger partial charge in [0.25, 0.3) is 0 Å². The van der Waals surface area contributed by atoms with Crippen molar-refractivity contribution >= 4 is 0 Å². The molecule has 21 heavy (non-hydrogen) atoms. The standard InChI is InChI=1S/C15H36N6/c1-13(16(4)5)19-11-10-12-20(14(2)17(6)7)21(19)15(3)18(8)9/h13-15H,10-12H2,1-9H3. The van der Waals surface area contributed by atoms with Crippen molar-refractivity contribution in [2.75, 3.05) is 55.4 Å². The predicted molar refractivity (Wildman–Crippen MR) is 89.3 cm³/mol. The molecule has 1 fully saturated rings. The summed E-state index contributed by atoms with van der Waals surface area (Å²) in [6, 6.07) is 0. The summed E-state index contributed by atoms with van der Waals surface area (Å²) in [6.07, 6.45) is 2.29. The van der Waals surface area contributed by atoms with Crippen LogP contribution in [-0.2, 0) is 0 Å². The van der Waals surface area contributed by atoms with E-state index in [1.54, 1.807) is 0 Å². The summed E-state index contributed by atoms with van der Waals surface area (Å²) in [7, 11) is 12.9. The molecule has 6 heteroatoms. The van der Waals surface area contributed by atoms with E-state index in [-0.39, 0.29) is 0 Å². The molecule has 0 N–H and O–H groups in total. The normalized spacial score (nSPS) is 24.0. The molecule has 0 spiro atoms. The van der Waals surface area contributed by atoms with Crippen molar-refractivity contribution in [1.29, 1.82) is 0 Å². The van der Waals surface area contributed by atoms with Crippen LogP contribution in [0.3, 0.4) is 0 Å². The molecular weight excluding hydrogens is 264 g/mol. The molecule has 3 unspecified atom stereocenters. The van der Waals surface area contributed by atoms with Crippen LogP contribution >= 0.6 is 0 Å². The van der Waals surface area contributed by atoms with Gasteiger partial charge in [-0.25, -0.2) is 10.0 Å². The lowest BCUT2D eigenvalue weighted by atomic mass is 10.3. The van der Waals surface area contributed by atoms with Gasteiger partial charge in [-0.3, -0.25) is 14.7 Å². The van der Waals surface area contributed by atoms with Gasteiger partial charge < -0.3 is 0 Å². The predicted octanol–water partition coefficient (Wildman–Crippen LogP) is 0.849. The molecular formula is C15H36N6. The van der Waals surface area contributed by atoms with E-state index in [9.17, 15) is 0 Å². The highest BCUT2D eigenvalue weighted by Crippen LogP contribution is 2.23. The zero-order chi connectivity index (χ0) is 16.3. The molecule has 126 valence electrons. The van der Waals surface area contributed by atoms with E-state index in [0.717, 1.165) is 13.1 Å². The average Bonchev–Trinajstić information content (AvgIpc) is 2.43. The Labute approximate surface area is 131 Å². The Bertz CT molecular complexity index is 285. The molecule has 0 bridgehead atoms. The second kappa shape index (κ2) is 7.85. The van der Waals surface area contributed by atoms with Crippen molar-refractivity contribution in [1.82, 2.24) is 29.8 Å². The third-order valence-corrected chi connectivity index (χ3v) is 4.74. The molecule has 0 aromatic rings. The topological polar surface area (TPSA) is 19.4 Å². The number of hydrazine groups is 2. The second-order valence-electron chi connectivity index (χ2n) is 6.79. The molecule has 1 rings (SSSR count). The van der Waals surface area contributed by atoms with Gasteiger partial charge in [-0.05, 0) is 69.5 Å². The molecule has 1 heterocycles. The maximum atomic E-state index is 2.49. The Hall–Kier alpha value is -0.240. The molecule has 1 saturated heterocycles. The van der Waals surface area contributed by atoms with Crippen LogP contribution in [0.1, 0.15) is 27.2 Å². The van der Waals surface area contributed by atoms with Gasteiger partial charge in [-0.15, -0.1) is 0 Å². The first-order valence-electron chi connectivity index (χ1n) is 8.00. The Kier molecular flexibility index (Phi) is 7.03. The van der Waals surface area contributed by atoms with E-state index >= 15 is 0 Å². The van der Waals surface area contributed by atoms with Crippen LogP contribution in [0, 0.1) is 0 Å². The van der Waals surface area contributed by atoms with Gasteiger partial charge in [-0.1, -0.05) is 0 Å². The SMILES string of the molecule is CC(N(C)C)N1CCCN(C(C)N(C)C)N1C(C)N(C)C. The highest BCUT2D eigenvalue weighted by Gasteiger charge is 2.37. The summed E-state index contributed by atoms with van der Waals surface area (Å²) in [6.45, 7) is 9.04. The summed E-state index contributed by atoms with van der Waals surface area (Å²) in [4.78, 5) is 6.83. The van der Waals surface area contributed by atoms with Crippen LogP contribution in [0.4, 0.5) is 0 Å². The van der Waals surface area contributed by atoms with E-state index in [4.69, 9.17) is 0 Å². The smallest absolute Gasteiger partial charge is 0.0888 e. The second-order valence-corrected chi connectivity index (χ2v) is 6.79. The number of hydrogen-bond acceptors (Lipinski definition) is 6. The highest BCUT2D eigenvalue weighted by molar-refractivity contribution is 4.76. The van der Waals surface area contributed by atoms with Crippen molar-refractivity contribution in [3.05, 3.63) is 0 Å². The van der Waals surface area contributed by atoms with Gasteiger partial charge in [-0.2, -0.15) is 5.12 Å². The Morgan fingerprint density at radius 1 is 0.619 bits per heavy atom. The minimum Gasteiger partial charge on any atom is -0.293 e. The molecule has 0 saturated carbocycles. The monoisotopic (exact) mass is 300 g/mol. The lowest BCUT2D eigenvalue weighted by Crippen LogP contribution is -2.70. The fourth-order valence-electron chi connectivity index (χ4n) is 2.63. The van der Waals surface area contributed by atoms with E-state index in [0.29, 0.717) is 18.5 Å². The van der Waals surface area contributed by atoms with E-state index in [1.165, 1.54) is 6.42 Å². The number of nitrogens with zero attached hydrogens (tertiary/aromatic N) is 6. The summed E-state index contributed by atoms with van der Waals surface area (Å²) in [5.74, 6) is 0. The Balaban J connectivity index is 3.06. The van der Waals surface area contributed by atoms with Crippen molar-refractivity contribution < 1.29 is 0 Å². The van der Waals surface area contributed by atoms with Gasteiger partial charge in [0.2, 0.25) is 0 Å². The fourth-order valence-corrected chi connectivity index (χ4v) is 2.63. The molecule has 1 aliphatic rings. The van der Waals surface area contributed by atoms with Gasteiger partial charge in [0.15, 0.2) is 0 Å². The summed E-state index contributed by atoms with van der Waals surface area (Å²) in [5.41, 5.74) is 0. The third-order valence-electron chi connectivity index (χ3n) is 4.74. The third kappa shape index (κ3) is 4.37. The fraction of sp³-hybridized carbons (Fsp3) is 1.00. The van der Waals surface area contributed by atoms with Gasteiger partial charge in [0.1, 0.15) is 0 Å². The van der Waals surface area contributed by atoms with Crippen LogP contribution in [0.15, 0.2) is 0 Å².